The summed E-state index contributed by atoms with van der Waals surface area (Å²) in [5, 5.41) is 12.4. The van der Waals surface area contributed by atoms with Crippen LogP contribution in [-0.4, -0.2) is 16.9 Å². The summed E-state index contributed by atoms with van der Waals surface area (Å²) in [7, 11) is 0. The van der Waals surface area contributed by atoms with E-state index in [4.69, 9.17) is 5.11 Å². The van der Waals surface area contributed by atoms with Crippen LogP contribution >= 0.6 is 0 Å². The molecule has 0 bridgehead atoms. The Morgan fingerprint density at radius 2 is 1.91 bits per heavy atom. The van der Waals surface area contributed by atoms with Crippen molar-refractivity contribution in [1.29, 1.82) is 0 Å². The molecule has 0 unspecified atom stereocenters. The molecule has 1 aliphatic rings. The first-order chi connectivity index (χ1) is 10.8. The average molecular weight is 309 g/mol. The van der Waals surface area contributed by atoms with Crippen LogP contribution in [0.25, 0.3) is 0 Å². The summed E-state index contributed by atoms with van der Waals surface area (Å²) in [5.74, 6) is -0.766. The fraction of sp³-hybridized carbons (Fsp3) is 0.263. The fourth-order valence-corrected chi connectivity index (χ4v) is 3.01. The monoisotopic (exact) mass is 309 g/mol. The number of carbonyl (C=O) groups is 2. The third-order valence-corrected chi connectivity index (χ3v) is 4.36. The smallest absolute Gasteiger partial charge is 0.335 e. The van der Waals surface area contributed by atoms with Crippen molar-refractivity contribution in [3.8, 4) is 0 Å². The minimum absolute atomic E-state index is 0.183. The van der Waals surface area contributed by atoms with Crippen LogP contribution in [0.15, 0.2) is 36.4 Å². The van der Waals surface area contributed by atoms with Gasteiger partial charge in [-0.05, 0) is 54.8 Å². The maximum atomic E-state index is 12.3. The SMILES string of the molecule is Cc1ccc(C(=O)O)cc1Nc1ccc2c(c1)CC(C)(C)C2=O. The number of carbonyl (C=O) groups excluding carboxylic acids is 1. The Morgan fingerprint density at radius 1 is 1.17 bits per heavy atom. The molecule has 2 N–H and O–H groups in total. The highest BCUT2D eigenvalue weighted by molar-refractivity contribution is 6.04. The predicted octanol–water partition coefficient (Wildman–Crippen LogP) is 4.20. The molecule has 0 saturated carbocycles. The van der Waals surface area contributed by atoms with Gasteiger partial charge in [-0.25, -0.2) is 4.79 Å². The summed E-state index contributed by atoms with van der Waals surface area (Å²) < 4.78 is 0. The second kappa shape index (κ2) is 5.23. The van der Waals surface area contributed by atoms with Gasteiger partial charge in [0.15, 0.2) is 5.78 Å². The van der Waals surface area contributed by atoms with E-state index in [-0.39, 0.29) is 16.8 Å². The Hall–Kier alpha value is -2.62. The van der Waals surface area contributed by atoms with Crippen molar-refractivity contribution in [2.45, 2.75) is 27.2 Å². The van der Waals surface area contributed by atoms with Gasteiger partial charge in [-0.3, -0.25) is 4.79 Å². The van der Waals surface area contributed by atoms with Crippen LogP contribution in [0.2, 0.25) is 0 Å². The minimum Gasteiger partial charge on any atom is -0.478 e. The van der Waals surface area contributed by atoms with Gasteiger partial charge in [0.1, 0.15) is 0 Å². The molecule has 0 radical (unpaired) electrons. The van der Waals surface area contributed by atoms with Gasteiger partial charge in [0, 0.05) is 22.4 Å². The van der Waals surface area contributed by atoms with Crippen LogP contribution in [0, 0.1) is 12.3 Å². The van der Waals surface area contributed by atoms with Crippen LogP contribution in [0.5, 0.6) is 0 Å². The number of carboxylic acids is 1. The number of fused-ring (bicyclic) bond motifs is 1. The second-order valence-corrected chi connectivity index (χ2v) is 6.72. The van der Waals surface area contributed by atoms with Crippen LogP contribution < -0.4 is 5.32 Å². The van der Waals surface area contributed by atoms with Crippen LogP contribution in [0.1, 0.15) is 45.7 Å². The molecule has 2 aromatic carbocycles. The van der Waals surface area contributed by atoms with E-state index >= 15 is 0 Å². The van der Waals surface area contributed by atoms with Gasteiger partial charge >= 0.3 is 5.97 Å². The highest BCUT2D eigenvalue weighted by Crippen LogP contribution is 2.37. The van der Waals surface area contributed by atoms with E-state index in [1.807, 2.05) is 39.0 Å². The summed E-state index contributed by atoms with van der Waals surface area (Å²) in [6.45, 7) is 5.85. The summed E-state index contributed by atoms with van der Waals surface area (Å²) in [6, 6.07) is 10.7. The number of benzene rings is 2. The average Bonchev–Trinajstić information content (AvgIpc) is 2.70. The highest BCUT2D eigenvalue weighted by Gasteiger charge is 2.37. The Morgan fingerprint density at radius 3 is 2.61 bits per heavy atom. The number of aryl methyl sites for hydroxylation is 1. The lowest BCUT2D eigenvalue weighted by Gasteiger charge is -2.13. The Balaban J connectivity index is 1.93. The standard InChI is InChI=1S/C19H19NO3/c1-11-4-5-12(18(22)23)9-16(11)20-14-6-7-15-13(8-14)10-19(2,3)17(15)21/h4-9,20H,10H2,1-3H3,(H,22,23). The number of rotatable bonds is 3. The van der Waals surface area contributed by atoms with Crippen molar-refractivity contribution in [3.05, 3.63) is 58.7 Å². The molecule has 4 heteroatoms. The van der Waals surface area contributed by atoms with E-state index in [1.54, 1.807) is 18.2 Å². The summed E-state index contributed by atoms with van der Waals surface area (Å²) in [5.41, 5.74) is 4.31. The van der Waals surface area contributed by atoms with Gasteiger partial charge < -0.3 is 10.4 Å². The zero-order valence-corrected chi connectivity index (χ0v) is 13.4. The first kappa shape index (κ1) is 15.3. The van der Waals surface area contributed by atoms with E-state index < -0.39 is 5.97 Å². The molecule has 0 amide bonds. The Kier molecular flexibility index (Phi) is 3.48. The maximum Gasteiger partial charge on any atom is 0.335 e. The molecule has 0 spiro atoms. The Labute approximate surface area is 135 Å². The first-order valence-corrected chi connectivity index (χ1v) is 7.57. The van der Waals surface area contributed by atoms with Crippen LogP contribution in [-0.2, 0) is 6.42 Å². The van der Waals surface area contributed by atoms with E-state index in [9.17, 15) is 9.59 Å². The van der Waals surface area contributed by atoms with E-state index in [0.29, 0.717) is 0 Å². The maximum absolute atomic E-state index is 12.3. The Bertz CT molecular complexity index is 821. The van der Waals surface area contributed by atoms with Gasteiger partial charge in [0.05, 0.1) is 5.56 Å². The zero-order chi connectivity index (χ0) is 16.8. The predicted molar refractivity (Wildman–Crippen MR) is 89.7 cm³/mol. The third kappa shape index (κ3) is 2.72. The summed E-state index contributed by atoms with van der Waals surface area (Å²) in [4.78, 5) is 23.4. The molecule has 1 aliphatic carbocycles. The van der Waals surface area contributed by atoms with Crippen molar-refractivity contribution in [2.24, 2.45) is 5.41 Å². The normalized spacial score (nSPS) is 15.3. The molecule has 2 aromatic rings. The third-order valence-electron chi connectivity index (χ3n) is 4.36. The lowest BCUT2D eigenvalue weighted by molar-refractivity contribution is 0.0696. The van der Waals surface area contributed by atoms with Crippen LogP contribution in [0.4, 0.5) is 11.4 Å². The quantitative estimate of drug-likeness (QED) is 0.891. The summed E-state index contributed by atoms with van der Waals surface area (Å²) >= 11 is 0. The molecule has 0 saturated heterocycles. The van der Waals surface area contributed by atoms with E-state index in [0.717, 1.165) is 34.5 Å². The number of hydrogen-bond acceptors (Lipinski definition) is 3. The van der Waals surface area contributed by atoms with Crippen molar-refractivity contribution in [1.82, 2.24) is 0 Å². The molecule has 0 heterocycles. The second-order valence-electron chi connectivity index (χ2n) is 6.72. The summed E-state index contributed by atoms with van der Waals surface area (Å²) in [6.07, 6.45) is 0.727. The highest BCUT2D eigenvalue weighted by atomic mass is 16.4. The molecule has 4 nitrogen and oxygen atoms in total. The number of aromatic carboxylic acids is 1. The lowest BCUT2D eigenvalue weighted by atomic mass is 9.89. The number of nitrogens with one attached hydrogen (secondary N) is 1. The number of anilines is 2. The number of carboxylic acid groups (broad SMARTS) is 1. The van der Waals surface area contributed by atoms with Gasteiger partial charge in [0.2, 0.25) is 0 Å². The lowest BCUT2D eigenvalue weighted by Crippen LogP contribution is -2.18. The molecule has 0 atom stereocenters. The van der Waals surface area contributed by atoms with Crippen molar-refractivity contribution < 1.29 is 14.7 Å². The minimum atomic E-state index is -0.950. The zero-order valence-electron chi connectivity index (χ0n) is 13.4. The molecule has 23 heavy (non-hydrogen) atoms. The number of ketones is 1. The first-order valence-electron chi connectivity index (χ1n) is 7.57. The van der Waals surface area contributed by atoms with Gasteiger partial charge in [-0.2, -0.15) is 0 Å². The molecule has 0 fully saturated rings. The van der Waals surface area contributed by atoms with E-state index in [2.05, 4.69) is 5.32 Å². The largest absolute Gasteiger partial charge is 0.478 e. The van der Waals surface area contributed by atoms with Crippen LogP contribution in [0.3, 0.4) is 0 Å². The number of hydrogen-bond donors (Lipinski definition) is 2. The molecule has 3 rings (SSSR count). The molecule has 0 aromatic heterocycles. The van der Waals surface area contributed by atoms with Crippen molar-refractivity contribution in [2.75, 3.05) is 5.32 Å². The topological polar surface area (TPSA) is 66.4 Å². The van der Waals surface area contributed by atoms with Gasteiger partial charge in [0.25, 0.3) is 0 Å². The molecule has 118 valence electrons. The fourth-order valence-electron chi connectivity index (χ4n) is 3.01. The van der Waals surface area contributed by atoms with Gasteiger partial charge in [-0.1, -0.05) is 19.9 Å². The van der Waals surface area contributed by atoms with Gasteiger partial charge in [-0.15, -0.1) is 0 Å². The molecular weight excluding hydrogens is 290 g/mol. The van der Waals surface area contributed by atoms with Crippen molar-refractivity contribution >= 4 is 23.1 Å². The molecule has 0 aliphatic heterocycles. The number of Topliss-reactive ketones (excluding diaryl/α,β-unsaturated/α-hetero) is 1. The molecular formula is C19H19NO3. The van der Waals surface area contributed by atoms with Crippen molar-refractivity contribution in [3.63, 3.8) is 0 Å². The van der Waals surface area contributed by atoms with E-state index in [1.165, 1.54) is 0 Å².